The lowest BCUT2D eigenvalue weighted by molar-refractivity contribution is 0.0954. The summed E-state index contributed by atoms with van der Waals surface area (Å²) in [4.78, 5) is 16.9. The Balaban J connectivity index is 1.70. The van der Waals surface area contributed by atoms with Crippen molar-refractivity contribution in [3.05, 3.63) is 65.7 Å². The molecule has 0 aliphatic carbocycles. The molecule has 0 saturated heterocycles. The molecule has 0 fully saturated rings. The van der Waals surface area contributed by atoms with Crippen LogP contribution < -0.4 is 5.32 Å². The van der Waals surface area contributed by atoms with E-state index < -0.39 is 0 Å². The van der Waals surface area contributed by atoms with Crippen molar-refractivity contribution in [2.45, 2.75) is 33.2 Å². The van der Waals surface area contributed by atoms with Crippen LogP contribution in [-0.2, 0) is 13.0 Å². The maximum atomic E-state index is 13.0. The van der Waals surface area contributed by atoms with Gasteiger partial charge in [-0.15, -0.1) is 0 Å². The molecular formula is C21H24FN3O. The number of hydrogen-bond acceptors (Lipinski definition) is 2. The molecule has 1 heterocycles. The summed E-state index contributed by atoms with van der Waals surface area (Å²) in [7, 11) is 0. The number of benzene rings is 2. The summed E-state index contributed by atoms with van der Waals surface area (Å²) in [6.45, 7) is 5.82. The van der Waals surface area contributed by atoms with Crippen molar-refractivity contribution in [1.82, 2.24) is 14.9 Å². The van der Waals surface area contributed by atoms with Gasteiger partial charge < -0.3 is 9.88 Å². The Kier molecular flexibility index (Phi) is 5.66. The van der Waals surface area contributed by atoms with E-state index in [1.807, 2.05) is 18.2 Å². The van der Waals surface area contributed by atoms with Crippen molar-refractivity contribution >= 4 is 16.9 Å². The topological polar surface area (TPSA) is 46.9 Å². The molecule has 26 heavy (non-hydrogen) atoms. The van der Waals surface area contributed by atoms with E-state index in [1.54, 1.807) is 0 Å². The van der Waals surface area contributed by atoms with Crippen molar-refractivity contribution in [1.29, 1.82) is 0 Å². The summed E-state index contributed by atoms with van der Waals surface area (Å²) in [5.41, 5.74) is 2.57. The monoisotopic (exact) mass is 353 g/mol. The summed E-state index contributed by atoms with van der Waals surface area (Å²) in [5, 5.41) is 2.89. The van der Waals surface area contributed by atoms with Crippen LogP contribution in [0.3, 0.4) is 0 Å². The lowest BCUT2D eigenvalue weighted by Gasteiger charge is -2.14. The van der Waals surface area contributed by atoms with E-state index in [1.165, 1.54) is 24.3 Å². The van der Waals surface area contributed by atoms with Crippen LogP contribution in [0.1, 0.15) is 36.5 Å². The average Bonchev–Trinajstić information content (AvgIpc) is 2.99. The Morgan fingerprint density at radius 2 is 1.92 bits per heavy atom. The van der Waals surface area contributed by atoms with Crippen LogP contribution in [0.4, 0.5) is 4.39 Å². The molecule has 5 heteroatoms. The highest BCUT2D eigenvalue weighted by molar-refractivity contribution is 5.94. The quantitative estimate of drug-likeness (QED) is 0.692. The Morgan fingerprint density at radius 3 is 2.65 bits per heavy atom. The number of fused-ring (bicyclic) bond motifs is 1. The Bertz CT molecular complexity index is 886. The third-order valence-electron chi connectivity index (χ3n) is 4.67. The Labute approximate surface area is 153 Å². The minimum Gasteiger partial charge on any atom is -0.352 e. The van der Waals surface area contributed by atoms with Crippen molar-refractivity contribution in [2.75, 3.05) is 6.54 Å². The minimum absolute atomic E-state index is 0.199. The molecule has 2 aromatic carbocycles. The van der Waals surface area contributed by atoms with Gasteiger partial charge in [-0.1, -0.05) is 32.4 Å². The van der Waals surface area contributed by atoms with E-state index in [-0.39, 0.29) is 11.7 Å². The van der Waals surface area contributed by atoms with E-state index in [2.05, 4.69) is 29.8 Å². The molecule has 1 N–H and O–H groups in total. The first-order chi connectivity index (χ1) is 12.6. The highest BCUT2D eigenvalue weighted by Crippen LogP contribution is 2.19. The highest BCUT2D eigenvalue weighted by Gasteiger charge is 2.13. The summed E-state index contributed by atoms with van der Waals surface area (Å²) in [6.07, 6.45) is 1.76. The maximum Gasteiger partial charge on any atom is 0.251 e. The molecule has 136 valence electrons. The van der Waals surface area contributed by atoms with Crippen LogP contribution in [-0.4, -0.2) is 22.0 Å². The normalized spacial score (nSPS) is 12.3. The average molecular weight is 353 g/mol. The van der Waals surface area contributed by atoms with E-state index >= 15 is 0 Å². The SMILES string of the molecule is CCC(C)Cn1c(CCNC(=O)c2ccc(F)cc2)nc2ccccc21. The highest BCUT2D eigenvalue weighted by atomic mass is 19.1. The van der Waals surface area contributed by atoms with Gasteiger partial charge in [0.05, 0.1) is 11.0 Å². The number of aromatic nitrogens is 2. The number of carbonyl (C=O) groups excluding carboxylic acids is 1. The van der Waals surface area contributed by atoms with Gasteiger partial charge in [0.25, 0.3) is 5.91 Å². The molecule has 0 bridgehead atoms. The Hall–Kier alpha value is -2.69. The fraction of sp³-hybridized carbons (Fsp3) is 0.333. The summed E-state index contributed by atoms with van der Waals surface area (Å²) in [5.74, 6) is 0.987. The number of rotatable bonds is 7. The van der Waals surface area contributed by atoms with Gasteiger partial charge in [0.1, 0.15) is 11.6 Å². The third kappa shape index (κ3) is 4.10. The van der Waals surface area contributed by atoms with Crippen LogP contribution in [0, 0.1) is 11.7 Å². The Morgan fingerprint density at radius 1 is 1.19 bits per heavy atom. The number of para-hydroxylation sites is 2. The number of carbonyl (C=O) groups is 1. The number of halogens is 1. The van der Waals surface area contributed by atoms with Crippen LogP contribution in [0.5, 0.6) is 0 Å². The number of nitrogens with zero attached hydrogens (tertiary/aromatic N) is 2. The molecule has 0 spiro atoms. The fourth-order valence-electron chi connectivity index (χ4n) is 2.95. The second kappa shape index (κ2) is 8.13. The van der Waals surface area contributed by atoms with E-state index in [9.17, 15) is 9.18 Å². The largest absolute Gasteiger partial charge is 0.352 e. The van der Waals surface area contributed by atoms with E-state index in [0.29, 0.717) is 24.4 Å². The summed E-state index contributed by atoms with van der Waals surface area (Å²) < 4.78 is 15.2. The van der Waals surface area contributed by atoms with Crippen LogP contribution in [0.25, 0.3) is 11.0 Å². The van der Waals surface area contributed by atoms with Gasteiger partial charge in [-0.05, 0) is 42.3 Å². The lowest BCUT2D eigenvalue weighted by atomic mass is 10.1. The van der Waals surface area contributed by atoms with Gasteiger partial charge >= 0.3 is 0 Å². The fourth-order valence-corrected chi connectivity index (χ4v) is 2.95. The van der Waals surface area contributed by atoms with Crippen LogP contribution in [0.15, 0.2) is 48.5 Å². The van der Waals surface area contributed by atoms with Crippen molar-refractivity contribution < 1.29 is 9.18 Å². The van der Waals surface area contributed by atoms with Crippen LogP contribution >= 0.6 is 0 Å². The van der Waals surface area contributed by atoms with Crippen molar-refractivity contribution in [3.8, 4) is 0 Å². The number of amides is 1. The zero-order chi connectivity index (χ0) is 18.5. The molecule has 1 unspecified atom stereocenters. The second-order valence-electron chi connectivity index (χ2n) is 6.65. The van der Waals surface area contributed by atoms with Crippen molar-refractivity contribution in [2.24, 2.45) is 5.92 Å². The first kappa shape index (κ1) is 18.1. The molecule has 0 radical (unpaired) electrons. The van der Waals surface area contributed by atoms with Gasteiger partial charge in [0.15, 0.2) is 0 Å². The third-order valence-corrected chi connectivity index (χ3v) is 4.67. The second-order valence-corrected chi connectivity index (χ2v) is 6.65. The molecule has 0 aliphatic rings. The summed E-state index contributed by atoms with van der Waals surface area (Å²) in [6, 6.07) is 13.7. The number of nitrogens with one attached hydrogen (secondary N) is 1. The van der Waals surface area contributed by atoms with E-state index in [0.717, 1.165) is 29.8 Å². The molecule has 0 aliphatic heterocycles. The smallest absolute Gasteiger partial charge is 0.251 e. The number of hydrogen-bond donors (Lipinski definition) is 1. The lowest BCUT2D eigenvalue weighted by Crippen LogP contribution is -2.26. The molecule has 1 aromatic heterocycles. The molecule has 1 amide bonds. The molecule has 0 saturated carbocycles. The summed E-state index contributed by atoms with van der Waals surface area (Å²) >= 11 is 0. The molecule has 3 rings (SSSR count). The van der Waals surface area contributed by atoms with Gasteiger partial charge in [-0.25, -0.2) is 9.37 Å². The van der Waals surface area contributed by atoms with Gasteiger partial charge in [-0.3, -0.25) is 4.79 Å². The predicted molar refractivity (Wildman–Crippen MR) is 102 cm³/mol. The van der Waals surface area contributed by atoms with Gasteiger partial charge in [0, 0.05) is 25.1 Å². The predicted octanol–water partition coefficient (Wildman–Crippen LogP) is 4.19. The van der Waals surface area contributed by atoms with Gasteiger partial charge in [0.2, 0.25) is 0 Å². The minimum atomic E-state index is -0.347. The van der Waals surface area contributed by atoms with Crippen molar-refractivity contribution in [3.63, 3.8) is 0 Å². The van der Waals surface area contributed by atoms with E-state index in [4.69, 9.17) is 4.98 Å². The standard InChI is InChI=1S/C21H24FN3O/c1-3-15(2)14-25-19-7-5-4-6-18(19)24-20(25)12-13-23-21(26)16-8-10-17(22)11-9-16/h4-11,15H,3,12-14H2,1-2H3,(H,23,26). The maximum absolute atomic E-state index is 13.0. The first-order valence-electron chi connectivity index (χ1n) is 9.06. The molecular weight excluding hydrogens is 329 g/mol. The molecule has 3 aromatic rings. The zero-order valence-electron chi connectivity index (χ0n) is 15.2. The molecule has 1 atom stereocenters. The first-order valence-corrected chi connectivity index (χ1v) is 9.06. The van der Waals surface area contributed by atoms with Gasteiger partial charge in [-0.2, -0.15) is 0 Å². The van der Waals surface area contributed by atoms with Crippen LogP contribution in [0.2, 0.25) is 0 Å². The number of imidazole rings is 1. The zero-order valence-corrected chi connectivity index (χ0v) is 15.2. The molecule has 4 nitrogen and oxygen atoms in total.